The summed E-state index contributed by atoms with van der Waals surface area (Å²) < 4.78 is 0. The molecule has 0 spiro atoms. The third kappa shape index (κ3) is 5.47. The van der Waals surface area contributed by atoms with Crippen LogP contribution in [0.3, 0.4) is 0 Å². The van der Waals surface area contributed by atoms with E-state index in [1.807, 2.05) is 0 Å². The summed E-state index contributed by atoms with van der Waals surface area (Å²) in [5.74, 6) is 0. The minimum absolute atomic E-state index is 0.586. The minimum Gasteiger partial charge on any atom is -0.310 e. The van der Waals surface area contributed by atoms with Crippen LogP contribution >= 0.6 is 0 Å². The summed E-state index contributed by atoms with van der Waals surface area (Å²) in [5.41, 5.74) is 15.1. The summed E-state index contributed by atoms with van der Waals surface area (Å²) in [6.07, 6.45) is 0. The van der Waals surface area contributed by atoms with Gasteiger partial charge in [-0.15, -0.1) is 0 Å². The smallest absolute Gasteiger partial charge is 0.0714 e. The van der Waals surface area contributed by atoms with Crippen molar-refractivity contribution in [3.8, 4) is 33.4 Å². The Morgan fingerprint density at radius 2 is 0.759 bits per heavy atom. The number of fused-ring (bicyclic) bond motifs is 5. The van der Waals surface area contributed by atoms with Crippen molar-refractivity contribution in [3.63, 3.8) is 0 Å². The van der Waals surface area contributed by atoms with Crippen LogP contribution in [0.5, 0.6) is 0 Å². The van der Waals surface area contributed by atoms with Crippen LogP contribution in [0.25, 0.3) is 54.9 Å². The zero-order valence-electron chi connectivity index (χ0n) is 32.0. The molecule has 10 aromatic rings. The second-order valence-corrected chi connectivity index (χ2v) is 15.3. The molecule has 0 fully saturated rings. The van der Waals surface area contributed by atoms with Crippen LogP contribution in [0.1, 0.15) is 22.3 Å². The second-order valence-electron chi connectivity index (χ2n) is 15.3. The Balaban J connectivity index is 1.20. The molecule has 0 bridgehead atoms. The highest BCUT2D eigenvalue weighted by atomic mass is 15.1. The molecule has 1 aliphatic rings. The molecule has 272 valence electrons. The molecule has 0 atom stereocenters. The Morgan fingerprint density at radius 3 is 1.41 bits per heavy atom. The number of nitrogens with zero attached hydrogens (tertiary/aromatic N) is 1. The molecule has 1 heteroatoms. The summed E-state index contributed by atoms with van der Waals surface area (Å²) in [4.78, 5) is 2.45. The lowest BCUT2D eigenvalue weighted by Gasteiger charge is -2.35. The number of benzene rings is 10. The third-order valence-corrected chi connectivity index (χ3v) is 12.1. The van der Waals surface area contributed by atoms with Crippen molar-refractivity contribution in [3.05, 3.63) is 259 Å². The minimum atomic E-state index is -0.586. The van der Waals surface area contributed by atoms with Crippen molar-refractivity contribution in [2.24, 2.45) is 0 Å². The van der Waals surface area contributed by atoms with Crippen molar-refractivity contribution >= 4 is 38.6 Å². The molecule has 10 aromatic carbocycles. The Morgan fingerprint density at radius 1 is 0.276 bits per heavy atom. The van der Waals surface area contributed by atoms with Gasteiger partial charge in [0, 0.05) is 16.9 Å². The van der Waals surface area contributed by atoms with Crippen LogP contribution in [-0.4, -0.2) is 0 Å². The average molecular weight is 738 g/mol. The maximum Gasteiger partial charge on any atom is 0.0714 e. The fraction of sp³-hybridized carbons (Fsp3) is 0.0175. The van der Waals surface area contributed by atoms with Gasteiger partial charge in [-0.05, 0) is 114 Å². The van der Waals surface area contributed by atoms with Gasteiger partial charge in [0.05, 0.1) is 11.1 Å². The summed E-state index contributed by atoms with van der Waals surface area (Å²) in [6, 6.07) is 87.1. The molecule has 0 saturated heterocycles. The highest BCUT2D eigenvalue weighted by Gasteiger charge is 2.46. The van der Waals surface area contributed by atoms with E-state index in [-0.39, 0.29) is 0 Å². The standard InChI is InChI=1S/C57H39N/c1-3-15-40(16-4-1)43-29-33-49(34-30-43)58(56-26-14-12-23-51(56)44-19-5-2-6-20-44)50-35-36-53-52-24-11-13-25-54(52)57(55(53)39-50,47-31-27-41-17-7-9-21-45(41)37-47)48-32-28-42-18-8-10-22-46(42)38-48/h1-39H. The van der Waals surface area contributed by atoms with Gasteiger partial charge in [-0.1, -0.05) is 194 Å². The van der Waals surface area contributed by atoms with Gasteiger partial charge in [0.1, 0.15) is 0 Å². The lowest BCUT2D eigenvalue weighted by Crippen LogP contribution is -2.29. The van der Waals surface area contributed by atoms with E-state index in [1.165, 1.54) is 77.2 Å². The molecule has 0 amide bonds. The van der Waals surface area contributed by atoms with E-state index in [0.29, 0.717) is 0 Å². The molecule has 1 nitrogen and oxygen atoms in total. The number of hydrogen-bond donors (Lipinski definition) is 0. The summed E-state index contributed by atoms with van der Waals surface area (Å²) >= 11 is 0. The highest BCUT2D eigenvalue weighted by molar-refractivity contribution is 5.95. The lowest BCUT2D eigenvalue weighted by atomic mass is 9.67. The van der Waals surface area contributed by atoms with Gasteiger partial charge in [-0.2, -0.15) is 0 Å². The third-order valence-electron chi connectivity index (χ3n) is 12.1. The van der Waals surface area contributed by atoms with Gasteiger partial charge in [0.25, 0.3) is 0 Å². The summed E-state index contributed by atoms with van der Waals surface area (Å²) in [6.45, 7) is 0. The summed E-state index contributed by atoms with van der Waals surface area (Å²) in [7, 11) is 0. The van der Waals surface area contributed by atoms with Crippen LogP contribution in [-0.2, 0) is 5.41 Å². The predicted molar refractivity (Wildman–Crippen MR) is 244 cm³/mol. The Labute approximate surface area is 339 Å². The molecule has 1 aliphatic carbocycles. The van der Waals surface area contributed by atoms with E-state index in [4.69, 9.17) is 0 Å². The highest BCUT2D eigenvalue weighted by Crippen LogP contribution is 2.58. The normalized spacial score (nSPS) is 12.6. The van der Waals surface area contributed by atoms with Gasteiger partial charge in [-0.25, -0.2) is 0 Å². The van der Waals surface area contributed by atoms with E-state index < -0.39 is 5.41 Å². The number of anilines is 3. The number of para-hydroxylation sites is 1. The van der Waals surface area contributed by atoms with Crippen LogP contribution < -0.4 is 4.90 Å². The maximum absolute atomic E-state index is 2.48. The first-order valence-electron chi connectivity index (χ1n) is 20.1. The van der Waals surface area contributed by atoms with Gasteiger partial charge >= 0.3 is 0 Å². The lowest BCUT2D eigenvalue weighted by molar-refractivity contribution is 0.771. The van der Waals surface area contributed by atoms with Crippen molar-refractivity contribution < 1.29 is 0 Å². The molecule has 0 heterocycles. The average Bonchev–Trinajstić information content (AvgIpc) is 3.60. The van der Waals surface area contributed by atoms with E-state index in [0.717, 1.165) is 17.1 Å². The van der Waals surface area contributed by atoms with Crippen molar-refractivity contribution in [2.45, 2.75) is 5.41 Å². The van der Waals surface area contributed by atoms with Gasteiger partial charge in [0.15, 0.2) is 0 Å². The molecule has 0 radical (unpaired) electrons. The predicted octanol–water partition coefficient (Wildman–Crippen LogP) is 15.2. The Hall–Kier alpha value is -7.48. The van der Waals surface area contributed by atoms with Crippen LogP contribution in [0, 0.1) is 0 Å². The number of rotatable bonds is 7. The first-order valence-corrected chi connectivity index (χ1v) is 20.1. The first-order chi connectivity index (χ1) is 28.8. The van der Waals surface area contributed by atoms with Crippen LogP contribution in [0.4, 0.5) is 17.1 Å². The fourth-order valence-corrected chi connectivity index (χ4v) is 9.43. The molecule has 0 unspecified atom stereocenters. The fourth-order valence-electron chi connectivity index (χ4n) is 9.43. The molecule has 0 N–H and O–H groups in total. The Kier molecular flexibility index (Phi) is 8.12. The number of hydrogen-bond acceptors (Lipinski definition) is 1. The molecule has 11 rings (SSSR count). The van der Waals surface area contributed by atoms with E-state index in [9.17, 15) is 0 Å². The molecule has 0 saturated carbocycles. The van der Waals surface area contributed by atoms with Crippen molar-refractivity contribution in [1.29, 1.82) is 0 Å². The Bertz CT molecular complexity index is 3030. The SMILES string of the molecule is c1ccc(-c2ccc(N(c3ccc4c(c3)C(c3ccc5ccccc5c3)(c3ccc5ccccc5c3)c3ccccc3-4)c3ccccc3-c3ccccc3)cc2)cc1. The topological polar surface area (TPSA) is 3.24 Å². The zero-order valence-corrected chi connectivity index (χ0v) is 32.0. The maximum atomic E-state index is 2.48. The molecular weight excluding hydrogens is 699 g/mol. The van der Waals surface area contributed by atoms with Crippen LogP contribution in [0.15, 0.2) is 237 Å². The quantitative estimate of drug-likeness (QED) is 0.157. The van der Waals surface area contributed by atoms with Crippen LogP contribution in [0.2, 0.25) is 0 Å². The van der Waals surface area contributed by atoms with E-state index in [2.05, 4.69) is 241 Å². The molecular formula is C57H39N. The second kappa shape index (κ2) is 13.9. The molecule has 58 heavy (non-hydrogen) atoms. The van der Waals surface area contributed by atoms with Gasteiger partial charge < -0.3 is 4.90 Å². The van der Waals surface area contributed by atoms with Crippen molar-refractivity contribution in [1.82, 2.24) is 0 Å². The first kappa shape index (κ1) is 33.8. The summed E-state index contributed by atoms with van der Waals surface area (Å²) in [5, 5.41) is 4.95. The molecule has 0 aromatic heterocycles. The van der Waals surface area contributed by atoms with Gasteiger partial charge in [0.2, 0.25) is 0 Å². The monoisotopic (exact) mass is 737 g/mol. The zero-order chi connectivity index (χ0) is 38.5. The van der Waals surface area contributed by atoms with Crippen molar-refractivity contribution in [2.75, 3.05) is 4.90 Å². The van der Waals surface area contributed by atoms with E-state index in [1.54, 1.807) is 0 Å². The molecule has 0 aliphatic heterocycles. The van der Waals surface area contributed by atoms with E-state index >= 15 is 0 Å². The largest absolute Gasteiger partial charge is 0.310 e. The van der Waals surface area contributed by atoms with Gasteiger partial charge in [-0.3, -0.25) is 0 Å².